The SMILES string of the molecule is CCC(C)(C)O.[B]c1cc(C)c2c(c1)CNCC2. The second-order valence-corrected chi connectivity index (χ2v) is 5.57. The van der Waals surface area contributed by atoms with Crippen molar-refractivity contribution in [1.82, 2.24) is 5.32 Å². The molecule has 18 heavy (non-hydrogen) atoms. The number of fused-ring (bicyclic) bond motifs is 1. The summed E-state index contributed by atoms with van der Waals surface area (Å²) in [5, 5.41) is 12.2. The fraction of sp³-hybridized carbons (Fsp3) is 0.600. The summed E-state index contributed by atoms with van der Waals surface area (Å²) in [5.74, 6) is 0. The fourth-order valence-electron chi connectivity index (χ4n) is 1.87. The van der Waals surface area contributed by atoms with Gasteiger partial charge in [0, 0.05) is 6.54 Å². The van der Waals surface area contributed by atoms with Crippen LogP contribution in [0.1, 0.15) is 43.9 Å². The van der Waals surface area contributed by atoms with Crippen LogP contribution in [0, 0.1) is 6.92 Å². The molecule has 2 radical (unpaired) electrons. The molecule has 0 amide bonds. The third kappa shape index (κ3) is 4.83. The number of aliphatic hydroxyl groups is 1. The number of nitrogens with one attached hydrogen (secondary N) is 1. The summed E-state index contributed by atoms with van der Waals surface area (Å²) >= 11 is 0. The number of rotatable bonds is 1. The van der Waals surface area contributed by atoms with E-state index in [0.29, 0.717) is 0 Å². The standard InChI is InChI=1S/C10H12BN.C5H12O/c1-7-4-9(11)5-8-6-12-3-2-10(7)8;1-4-5(2,3)6/h4-5,12H,2-3,6H2,1H3;6H,4H2,1-3H3. The largest absolute Gasteiger partial charge is 0.390 e. The van der Waals surface area contributed by atoms with Crippen LogP contribution in [0.4, 0.5) is 0 Å². The van der Waals surface area contributed by atoms with Gasteiger partial charge in [0.05, 0.1) is 5.60 Å². The molecule has 1 heterocycles. The Hall–Kier alpha value is -0.795. The molecule has 2 rings (SSSR count). The summed E-state index contributed by atoms with van der Waals surface area (Å²) in [5.41, 5.74) is 4.63. The van der Waals surface area contributed by atoms with Crippen LogP contribution in [-0.2, 0) is 13.0 Å². The summed E-state index contributed by atoms with van der Waals surface area (Å²) < 4.78 is 0. The van der Waals surface area contributed by atoms with Crippen LogP contribution >= 0.6 is 0 Å². The molecule has 0 spiro atoms. The smallest absolute Gasteiger partial charge is 0.113 e. The lowest BCUT2D eigenvalue weighted by Gasteiger charge is -2.19. The van der Waals surface area contributed by atoms with Crippen LogP contribution in [0.5, 0.6) is 0 Å². The second-order valence-electron chi connectivity index (χ2n) is 5.57. The number of hydrogen-bond acceptors (Lipinski definition) is 2. The zero-order chi connectivity index (χ0) is 13.8. The van der Waals surface area contributed by atoms with E-state index in [2.05, 4.69) is 24.4 Å². The molecule has 3 heteroatoms. The highest BCUT2D eigenvalue weighted by Crippen LogP contribution is 2.15. The average Bonchev–Trinajstić information content (AvgIpc) is 2.28. The molecule has 0 atom stereocenters. The number of hydrogen-bond donors (Lipinski definition) is 2. The van der Waals surface area contributed by atoms with E-state index in [4.69, 9.17) is 13.0 Å². The quantitative estimate of drug-likeness (QED) is 0.736. The molecule has 1 aromatic carbocycles. The molecule has 1 aromatic rings. The van der Waals surface area contributed by atoms with Gasteiger partial charge in [-0.3, -0.25) is 0 Å². The van der Waals surface area contributed by atoms with E-state index in [9.17, 15) is 0 Å². The summed E-state index contributed by atoms with van der Waals surface area (Å²) in [6.07, 6.45) is 1.97. The van der Waals surface area contributed by atoms with E-state index in [-0.39, 0.29) is 0 Å². The van der Waals surface area contributed by atoms with Crippen LogP contribution < -0.4 is 10.8 Å². The Bertz CT molecular complexity index is 396. The second kappa shape index (κ2) is 6.39. The molecule has 0 saturated heterocycles. The molecule has 0 bridgehead atoms. The maximum absolute atomic E-state index is 8.83. The minimum absolute atomic E-state index is 0.458. The van der Waals surface area contributed by atoms with Gasteiger partial charge in [0.2, 0.25) is 0 Å². The highest BCUT2D eigenvalue weighted by Gasteiger charge is 2.10. The molecule has 0 fully saturated rings. The molecule has 1 aliphatic heterocycles. The van der Waals surface area contributed by atoms with Gasteiger partial charge >= 0.3 is 0 Å². The highest BCUT2D eigenvalue weighted by molar-refractivity contribution is 6.32. The Kier molecular flexibility index (Phi) is 5.42. The summed E-state index contributed by atoms with van der Waals surface area (Å²) in [4.78, 5) is 0. The molecule has 0 unspecified atom stereocenters. The molecular weight excluding hydrogens is 221 g/mol. The lowest BCUT2D eigenvalue weighted by atomic mass is 9.87. The van der Waals surface area contributed by atoms with Gasteiger partial charge in [-0.15, -0.1) is 0 Å². The van der Waals surface area contributed by atoms with Gasteiger partial charge in [-0.05, 0) is 56.8 Å². The van der Waals surface area contributed by atoms with E-state index in [0.717, 1.165) is 31.4 Å². The number of benzene rings is 1. The minimum Gasteiger partial charge on any atom is -0.390 e. The fourth-order valence-corrected chi connectivity index (χ4v) is 1.87. The van der Waals surface area contributed by atoms with Crippen LogP contribution in [0.2, 0.25) is 0 Å². The minimum atomic E-state index is -0.458. The zero-order valence-corrected chi connectivity index (χ0v) is 12.0. The average molecular weight is 245 g/mol. The van der Waals surface area contributed by atoms with E-state index < -0.39 is 5.60 Å². The predicted molar refractivity (Wildman–Crippen MR) is 78.6 cm³/mol. The highest BCUT2D eigenvalue weighted by atomic mass is 16.3. The van der Waals surface area contributed by atoms with Crippen molar-refractivity contribution >= 4 is 13.3 Å². The third-order valence-electron chi connectivity index (χ3n) is 3.32. The van der Waals surface area contributed by atoms with Crippen molar-refractivity contribution in [2.45, 2.75) is 52.7 Å². The molecule has 0 aromatic heterocycles. The first-order chi connectivity index (χ1) is 8.33. The normalized spacial score (nSPS) is 14.5. The molecule has 98 valence electrons. The van der Waals surface area contributed by atoms with Gasteiger partial charge in [-0.2, -0.15) is 0 Å². The lowest BCUT2D eigenvalue weighted by molar-refractivity contribution is 0.0765. The Labute approximate surface area is 112 Å². The van der Waals surface area contributed by atoms with Crippen LogP contribution in [0.15, 0.2) is 12.1 Å². The van der Waals surface area contributed by atoms with Crippen LogP contribution in [0.25, 0.3) is 0 Å². The first-order valence-electron chi connectivity index (χ1n) is 6.64. The predicted octanol–water partition coefficient (Wildman–Crippen LogP) is 1.60. The Morgan fingerprint density at radius 2 is 2.00 bits per heavy atom. The van der Waals surface area contributed by atoms with Crippen molar-refractivity contribution in [3.63, 3.8) is 0 Å². The molecular formula is C15H24BNO. The first kappa shape index (κ1) is 15.3. The zero-order valence-electron chi connectivity index (χ0n) is 12.0. The lowest BCUT2D eigenvalue weighted by Crippen LogP contribution is -2.26. The third-order valence-corrected chi connectivity index (χ3v) is 3.32. The first-order valence-corrected chi connectivity index (χ1v) is 6.64. The van der Waals surface area contributed by atoms with Crippen LogP contribution in [0.3, 0.4) is 0 Å². The summed E-state index contributed by atoms with van der Waals surface area (Å²) in [6, 6.07) is 4.14. The van der Waals surface area contributed by atoms with Gasteiger partial charge in [0.1, 0.15) is 7.85 Å². The van der Waals surface area contributed by atoms with Gasteiger partial charge < -0.3 is 10.4 Å². The van der Waals surface area contributed by atoms with Crippen molar-refractivity contribution in [3.8, 4) is 0 Å². The summed E-state index contributed by atoms with van der Waals surface area (Å²) in [6.45, 7) is 9.76. The van der Waals surface area contributed by atoms with Crippen LogP contribution in [-0.4, -0.2) is 25.1 Å². The van der Waals surface area contributed by atoms with E-state index in [1.165, 1.54) is 16.7 Å². The molecule has 2 N–H and O–H groups in total. The molecule has 2 nitrogen and oxygen atoms in total. The van der Waals surface area contributed by atoms with Gasteiger partial charge in [-0.25, -0.2) is 0 Å². The molecule has 0 saturated carbocycles. The van der Waals surface area contributed by atoms with Crippen molar-refractivity contribution in [2.75, 3.05) is 6.54 Å². The van der Waals surface area contributed by atoms with Crippen molar-refractivity contribution in [1.29, 1.82) is 0 Å². The topological polar surface area (TPSA) is 32.3 Å². The summed E-state index contributed by atoms with van der Waals surface area (Å²) in [7, 11) is 5.75. The van der Waals surface area contributed by atoms with Gasteiger partial charge in [-0.1, -0.05) is 24.5 Å². The Morgan fingerprint density at radius 1 is 1.39 bits per heavy atom. The maximum Gasteiger partial charge on any atom is 0.113 e. The number of aryl methyl sites for hydroxylation is 1. The molecule has 0 aliphatic carbocycles. The molecule has 1 aliphatic rings. The van der Waals surface area contributed by atoms with Crippen molar-refractivity contribution < 1.29 is 5.11 Å². The van der Waals surface area contributed by atoms with E-state index in [1.807, 2.05) is 6.92 Å². The van der Waals surface area contributed by atoms with Gasteiger partial charge in [0.15, 0.2) is 0 Å². The maximum atomic E-state index is 8.83. The monoisotopic (exact) mass is 245 g/mol. The van der Waals surface area contributed by atoms with Crippen molar-refractivity contribution in [2.24, 2.45) is 0 Å². The van der Waals surface area contributed by atoms with E-state index >= 15 is 0 Å². The Balaban J connectivity index is 0.000000232. The van der Waals surface area contributed by atoms with E-state index in [1.54, 1.807) is 13.8 Å². The Morgan fingerprint density at radius 3 is 2.56 bits per heavy atom. The van der Waals surface area contributed by atoms with Crippen molar-refractivity contribution in [3.05, 3.63) is 28.8 Å². The van der Waals surface area contributed by atoms with Gasteiger partial charge in [0.25, 0.3) is 0 Å².